The molecular weight excluding hydrogens is 202 g/mol. The maximum Gasteiger partial charge on any atom is 0.204 e. The lowest BCUT2D eigenvalue weighted by molar-refractivity contribution is 0.881. The minimum atomic E-state index is -0.264. The zero-order chi connectivity index (χ0) is 11.0. The highest BCUT2D eigenvalue weighted by Crippen LogP contribution is 2.47. The van der Waals surface area contributed by atoms with Crippen LogP contribution in [0.5, 0.6) is 0 Å². The van der Waals surface area contributed by atoms with Crippen LogP contribution in [0, 0.1) is 11.3 Å². The fourth-order valence-electron chi connectivity index (χ4n) is 1.83. The lowest BCUT2D eigenvalue weighted by atomic mass is 9.96. The molecule has 0 atom stereocenters. The maximum absolute atomic E-state index is 9.13. The quantitative estimate of drug-likeness (QED) is 0.814. The molecule has 1 aliphatic carbocycles. The summed E-state index contributed by atoms with van der Waals surface area (Å²) in [6, 6.07) is 10.2. The van der Waals surface area contributed by atoms with Crippen LogP contribution in [0.1, 0.15) is 18.4 Å². The molecule has 0 radical (unpaired) electrons. The van der Waals surface area contributed by atoms with Gasteiger partial charge in [0.25, 0.3) is 0 Å². The van der Waals surface area contributed by atoms with Crippen LogP contribution in [0.25, 0.3) is 11.4 Å². The Kier molecular flexibility index (Phi) is 1.77. The minimum absolute atomic E-state index is 0.264. The Morgan fingerprint density at radius 1 is 1.38 bits per heavy atom. The van der Waals surface area contributed by atoms with Gasteiger partial charge in [-0.2, -0.15) is 10.5 Å². The fourth-order valence-corrected chi connectivity index (χ4v) is 1.83. The summed E-state index contributed by atoms with van der Waals surface area (Å²) in [6.45, 7) is 0. The van der Waals surface area contributed by atoms with Crippen LogP contribution in [0.15, 0.2) is 24.3 Å². The lowest BCUT2D eigenvalue weighted by Crippen LogP contribution is -2.02. The van der Waals surface area contributed by atoms with Crippen LogP contribution in [-0.4, -0.2) is 20.6 Å². The number of H-pyrrole nitrogens is 1. The van der Waals surface area contributed by atoms with E-state index in [-0.39, 0.29) is 5.41 Å². The molecular formula is C11H9N5. The highest BCUT2D eigenvalue weighted by atomic mass is 15.5. The van der Waals surface area contributed by atoms with Crippen LogP contribution in [-0.2, 0) is 5.41 Å². The molecule has 1 fully saturated rings. The van der Waals surface area contributed by atoms with Crippen molar-refractivity contribution in [1.29, 1.82) is 5.26 Å². The Hall–Kier alpha value is -2.22. The van der Waals surface area contributed by atoms with Gasteiger partial charge in [0.05, 0.1) is 11.5 Å². The van der Waals surface area contributed by atoms with Crippen molar-refractivity contribution in [3.05, 3.63) is 29.8 Å². The Bertz CT molecular complexity index is 548. The molecule has 1 aromatic carbocycles. The van der Waals surface area contributed by atoms with Crippen molar-refractivity contribution in [3.8, 4) is 17.5 Å². The van der Waals surface area contributed by atoms with E-state index in [1.54, 1.807) is 0 Å². The van der Waals surface area contributed by atoms with E-state index in [2.05, 4.69) is 26.7 Å². The standard InChI is InChI=1S/C11H9N5/c12-7-11(4-5-11)9-3-1-2-8(6-9)10-13-15-16-14-10/h1-3,6H,4-5H2,(H,13,14,15,16). The van der Waals surface area contributed by atoms with E-state index in [4.69, 9.17) is 5.26 Å². The second kappa shape index (κ2) is 3.14. The summed E-state index contributed by atoms with van der Waals surface area (Å²) < 4.78 is 0. The lowest BCUT2D eigenvalue weighted by Gasteiger charge is -2.06. The smallest absolute Gasteiger partial charge is 0.197 e. The zero-order valence-electron chi connectivity index (χ0n) is 8.51. The first-order valence-corrected chi connectivity index (χ1v) is 5.10. The number of rotatable bonds is 2. The summed E-state index contributed by atoms with van der Waals surface area (Å²) in [5.74, 6) is 0.565. The summed E-state index contributed by atoms with van der Waals surface area (Å²) in [7, 11) is 0. The van der Waals surface area contributed by atoms with Gasteiger partial charge < -0.3 is 0 Å². The molecule has 1 saturated carbocycles. The number of nitrogens with one attached hydrogen (secondary N) is 1. The van der Waals surface area contributed by atoms with Gasteiger partial charge in [-0.3, -0.25) is 0 Å². The molecule has 0 saturated heterocycles. The monoisotopic (exact) mass is 211 g/mol. The molecule has 16 heavy (non-hydrogen) atoms. The molecule has 3 rings (SSSR count). The predicted octanol–water partition coefficient (Wildman–Crippen LogP) is 1.42. The molecule has 2 aromatic rings. The van der Waals surface area contributed by atoms with Crippen molar-refractivity contribution in [1.82, 2.24) is 20.6 Å². The Labute approximate surface area is 92.1 Å². The Balaban J connectivity index is 2.05. The highest BCUT2D eigenvalue weighted by molar-refractivity contribution is 5.57. The van der Waals surface area contributed by atoms with E-state index < -0.39 is 0 Å². The van der Waals surface area contributed by atoms with Crippen molar-refractivity contribution in [2.75, 3.05) is 0 Å². The SMILES string of the molecule is N#CC1(c2cccc(-c3nn[nH]n3)c2)CC1. The van der Waals surface area contributed by atoms with Crippen LogP contribution in [0.2, 0.25) is 0 Å². The molecule has 0 aliphatic heterocycles. The molecule has 0 spiro atoms. The first kappa shape index (κ1) is 9.04. The van der Waals surface area contributed by atoms with Gasteiger partial charge in [-0.25, -0.2) is 0 Å². The summed E-state index contributed by atoms with van der Waals surface area (Å²) in [5, 5.41) is 22.9. The Morgan fingerprint density at radius 3 is 2.88 bits per heavy atom. The van der Waals surface area contributed by atoms with Crippen molar-refractivity contribution >= 4 is 0 Å². The number of aromatic nitrogens is 4. The van der Waals surface area contributed by atoms with Gasteiger partial charge in [0, 0.05) is 5.56 Å². The molecule has 5 heteroatoms. The van der Waals surface area contributed by atoms with Crippen molar-refractivity contribution < 1.29 is 0 Å². The summed E-state index contributed by atoms with van der Waals surface area (Å²) in [5.41, 5.74) is 1.69. The number of hydrogen-bond donors (Lipinski definition) is 1. The molecule has 1 aromatic heterocycles. The number of nitrogens with zero attached hydrogens (tertiary/aromatic N) is 4. The number of benzene rings is 1. The summed E-state index contributed by atoms with van der Waals surface area (Å²) >= 11 is 0. The van der Waals surface area contributed by atoms with E-state index in [1.807, 2.05) is 24.3 Å². The maximum atomic E-state index is 9.13. The first-order valence-electron chi connectivity index (χ1n) is 5.10. The molecule has 0 unspecified atom stereocenters. The van der Waals surface area contributed by atoms with E-state index in [0.29, 0.717) is 5.82 Å². The van der Waals surface area contributed by atoms with Gasteiger partial charge in [-0.15, -0.1) is 10.2 Å². The average Bonchev–Trinajstić information content (AvgIpc) is 2.95. The molecule has 5 nitrogen and oxygen atoms in total. The molecule has 78 valence electrons. The largest absolute Gasteiger partial charge is 0.204 e. The average molecular weight is 211 g/mol. The number of nitriles is 1. The number of tetrazole rings is 1. The highest BCUT2D eigenvalue weighted by Gasteiger charge is 2.44. The molecule has 1 N–H and O–H groups in total. The van der Waals surface area contributed by atoms with E-state index in [1.165, 1.54) is 0 Å². The number of aromatic amines is 1. The van der Waals surface area contributed by atoms with Crippen molar-refractivity contribution in [2.45, 2.75) is 18.3 Å². The molecule has 0 bridgehead atoms. The van der Waals surface area contributed by atoms with E-state index in [9.17, 15) is 0 Å². The van der Waals surface area contributed by atoms with Crippen LogP contribution < -0.4 is 0 Å². The third-order valence-electron chi connectivity index (χ3n) is 2.98. The Morgan fingerprint density at radius 2 is 2.25 bits per heavy atom. The molecule has 1 heterocycles. The normalized spacial score (nSPS) is 16.7. The molecule has 0 amide bonds. The van der Waals surface area contributed by atoms with Gasteiger partial charge in [0.15, 0.2) is 0 Å². The van der Waals surface area contributed by atoms with E-state index in [0.717, 1.165) is 24.0 Å². The first-order chi connectivity index (χ1) is 7.84. The van der Waals surface area contributed by atoms with Gasteiger partial charge in [0.2, 0.25) is 5.82 Å². The zero-order valence-corrected chi connectivity index (χ0v) is 8.51. The van der Waals surface area contributed by atoms with Crippen molar-refractivity contribution in [2.24, 2.45) is 0 Å². The van der Waals surface area contributed by atoms with Crippen LogP contribution in [0.4, 0.5) is 0 Å². The van der Waals surface area contributed by atoms with Crippen LogP contribution in [0.3, 0.4) is 0 Å². The second-order valence-corrected chi connectivity index (χ2v) is 4.01. The van der Waals surface area contributed by atoms with E-state index >= 15 is 0 Å². The van der Waals surface area contributed by atoms with Crippen molar-refractivity contribution in [3.63, 3.8) is 0 Å². The van der Waals surface area contributed by atoms with Gasteiger partial charge in [0.1, 0.15) is 0 Å². The van der Waals surface area contributed by atoms with Gasteiger partial charge in [-0.05, 0) is 29.7 Å². The topological polar surface area (TPSA) is 78.2 Å². The number of hydrogen-bond acceptors (Lipinski definition) is 4. The van der Waals surface area contributed by atoms with Gasteiger partial charge in [-0.1, -0.05) is 18.2 Å². The predicted molar refractivity (Wildman–Crippen MR) is 56.1 cm³/mol. The summed E-state index contributed by atoms with van der Waals surface area (Å²) in [4.78, 5) is 0. The fraction of sp³-hybridized carbons (Fsp3) is 0.273. The minimum Gasteiger partial charge on any atom is -0.197 e. The second-order valence-electron chi connectivity index (χ2n) is 4.01. The van der Waals surface area contributed by atoms with Gasteiger partial charge >= 0.3 is 0 Å². The molecule has 1 aliphatic rings. The van der Waals surface area contributed by atoms with Crippen LogP contribution >= 0.6 is 0 Å². The third-order valence-corrected chi connectivity index (χ3v) is 2.98. The third kappa shape index (κ3) is 1.27. The summed E-state index contributed by atoms with van der Waals surface area (Å²) in [6.07, 6.45) is 1.89.